The summed E-state index contributed by atoms with van der Waals surface area (Å²) in [6, 6.07) is 11.7. The van der Waals surface area contributed by atoms with Crippen LogP contribution in [-0.4, -0.2) is 61.2 Å². The number of methoxy groups -OCH3 is 5. The highest BCUT2D eigenvalue weighted by Crippen LogP contribution is 2.41. The first-order chi connectivity index (χ1) is 19.8. The van der Waals surface area contributed by atoms with Crippen LogP contribution in [-0.2, 0) is 32.0 Å². The second kappa shape index (κ2) is 15.8. The molecule has 0 aliphatic heterocycles. The van der Waals surface area contributed by atoms with Gasteiger partial charge in [-0.05, 0) is 24.8 Å². The lowest BCUT2D eigenvalue weighted by Gasteiger charge is -2.33. The maximum atomic E-state index is 13.5. The van der Waals surface area contributed by atoms with E-state index in [4.69, 9.17) is 37.6 Å². The average Bonchev–Trinajstić information content (AvgIpc) is 2.99. The lowest BCUT2D eigenvalue weighted by atomic mass is 9.86. The van der Waals surface area contributed by atoms with Crippen molar-refractivity contribution in [1.29, 1.82) is 0 Å². The zero-order valence-corrected chi connectivity index (χ0v) is 25.5. The van der Waals surface area contributed by atoms with Crippen LogP contribution in [0.15, 0.2) is 45.6 Å². The third kappa shape index (κ3) is 7.80. The molecule has 41 heavy (non-hydrogen) atoms. The molecule has 0 fully saturated rings. The standard InChI is InChI=1S/C32H44O9/c1-20(30(38-8)22(3)27(37-7)18-39-17-23-12-10-9-11-13-23)14-15-24-21(2)29(33)28-25(35-5)16-26(36-6)31(32(28)41-24)40-19-34-4/h9-13,16,20,22,27,30H,14-15,17-19H2,1-8H3/t20-,22+,27-,30-/m0/s1. The summed E-state index contributed by atoms with van der Waals surface area (Å²) < 4.78 is 45.9. The van der Waals surface area contributed by atoms with Crippen LogP contribution in [0.5, 0.6) is 17.2 Å². The van der Waals surface area contributed by atoms with Gasteiger partial charge in [0.15, 0.2) is 23.6 Å². The molecule has 2 aromatic carbocycles. The highest BCUT2D eigenvalue weighted by molar-refractivity contribution is 5.91. The Hall–Kier alpha value is -3.11. The Bertz CT molecular complexity index is 1290. The van der Waals surface area contributed by atoms with Gasteiger partial charge in [0.2, 0.25) is 5.75 Å². The van der Waals surface area contributed by atoms with E-state index in [1.807, 2.05) is 30.3 Å². The maximum absolute atomic E-state index is 13.5. The number of fused-ring (bicyclic) bond motifs is 1. The molecule has 9 heteroatoms. The molecule has 0 N–H and O–H groups in total. The lowest BCUT2D eigenvalue weighted by molar-refractivity contribution is -0.0815. The second-order valence-corrected chi connectivity index (χ2v) is 10.2. The third-order valence-corrected chi connectivity index (χ3v) is 7.60. The molecule has 0 saturated carbocycles. The Labute approximate surface area is 242 Å². The molecule has 9 nitrogen and oxygen atoms in total. The van der Waals surface area contributed by atoms with Gasteiger partial charge in [-0.15, -0.1) is 0 Å². The molecule has 0 aliphatic carbocycles. The van der Waals surface area contributed by atoms with Crippen molar-refractivity contribution < 1.29 is 37.6 Å². The summed E-state index contributed by atoms with van der Waals surface area (Å²) >= 11 is 0. The van der Waals surface area contributed by atoms with Gasteiger partial charge >= 0.3 is 0 Å². The van der Waals surface area contributed by atoms with Gasteiger partial charge in [-0.2, -0.15) is 0 Å². The molecule has 0 spiro atoms. The fraction of sp³-hybridized carbons (Fsp3) is 0.531. The van der Waals surface area contributed by atoms with E-state index in [-0.39, 0.29) is 41.8 Å². The first-order valence-electron chi connectivity index (χ1n) is 13.8. The predicted octanol–water partition coefficient (Wildman–Crippen LogP) is 5.55. The number of hydrogen-bond acceptors (Lipinski definition) is 9. The van der Waals surface area contributed by atoms with Crippen LogP contribution in [0.1, 0.15) is 37.2 Å². The molecule has 0 saturated heterocycles. The van der Waals surface area contributed by atoms with Crippen LogP contribution in [0.25, 0.3) is 11.0 Å². The van der Waals surface area contributed by atoms with Crippen molar-refractivity contribution in [1.82, 2.24) is 0 Å². The van der Waals surface area contributed by atoms with Gasteiger partial charge in [-0.3, -0.25) is 4.79 Å². The highest BCUT2D eigenvalue weighted by Gasteiger charge is 2.31. The van der Waals surface area contributed by atoms with E-state index in [2.05, 4.69) is 13.8 Å². The predicted molar refractivity (Wildman–Crippen MR) is 157 cm³/mol. The Morgan fingerprint density at radius 3 is 2.24 bits per heavy atom. The van der Waals surface area contributed by atoms with Gasteiger partial charge in [-0.1, -0.05) is 44.2 Å². The summed E-state index contributed by atoms with van der Waals surface area (Å²) in [5.74, 6) is 1.79. The molecule has 226 valence electrons. The van der Waals surface area contributed by atoms with E-state index >= 15 is 0 Å². The second-order valence-electron chi connectivity index (χ2n) is 10.2. The molecule has 1 aromatic heterocycles. The van der Waals surface area contributed by atoms with Crippen LogP contribution < -0.4 is 19.6 Å². The molecular weight excluding hydrogens is 528 g/mol. The quantitative estimate of drug-likeness (QED) is 0.193. The molecule has 3 rings (SSSR count). The largest absolute Gasteiger partial charge is 0.496 e. The zero-order chi connectivity index (χ0) is 29.9. The summed E-state index contributed by atoms with van der Waals surface area (Å²) in [7, 11) is 7.95. The minimum Gasteiger partial charge on any atom is -0.496 e. The van der Waals surface area contributed by atoms with Crippen LogP contribution >= 0.6 is 0 Å². The minimum atomic E-state index is -0.178. The number of rotatable bonds is 17. The summed E-state index contributed by atoms with van der Waals surface area (Å²) in [6.07, 6.45) is 0.991. The number of ether oxygens (including phenoxy) is 7. The van der Waals surface area contributed by atoms with Crippen LogP contribution in [0, 0.1) is 18.8 Å². The Morgan fingerprint density at radius 2 is 1.63 bits per heavy atom. The van der Waals surface area contributed by atoms with Crippen molar-refractivity contribution in [2.24, 2.45) is 11.8 Å². The normalized spacial score (nSPS) is 14.4. The molecule has 3 aromatic rings. The van der Waals surface area contributed by atoms with Gasteiger partial charge in [0, 0.05) is 45.3 Å². The molecular formula is C32H44O9. The molecule has 0 amide bonds. The molecule has 0 unspecified atom stereocenters. The number of benzene rings is 2. The Morgan fingerprint density at radius 1 is 0.927 bits per heavy atom. The summed E-state index contributed by atoms with van der Waals surface area (Å²) in [4.78, 5) is 13.5. The van der Waals surface area contributed by atoms with E-state index < -0.39 is 0 Å². The van der Waals surface area contributed by atoms with Gasteiger partial charge in [-0.25, -0.2) is 0 Å². The average molecular weight is 573 g/mol. The van der Waals surface area contributed by atoms with E-state index in [9.17, 15) is 4.79 Å². The SMILES string of the molecule is COCOc1c(OC)cc(OC)c2c(=O)c(C)c(CC[C@H](C)[C@H](OC)[C@H](C)[C@H](COCc3ccccc3)OC)oc12. The third-order valence-electron chi connectivity index (χ3n) is 7.60. The van der Waals surface area contributed by atoms with Crippen molar-refractivity contribution in [2.45, 2.75) is 52.4 Å². The van der Waals surface area contributed by atoms with E-state index in [1.54, 1.807) is 27.2 Å². The lowest BCUT2D eigenvalue weighted by Crippen LogP contribution is -2.39. The smallest absolute Gasteiger partial charge is 0.207 e. The summed E-state index contributed by atoms with van der Waals surface area (Å²) in [5, 5.41) is 0.301. The van der Waals surface area contributed by atoms with Crippen molar-refractivity contribution in [2.75, 3.05) is 48.9 Å². The number of aryl methyl sites for hydroxylation is 1. The summed E-state index contributed by atoms with van der Waals surface area (Å²) in [6.45, 7) is 6.95. The molecule has 0 bridgehead atoms. The molecule has 1 heterocycles. The monoisotopic (exact) mass is 572 g/mol. The Balaban J connectivity index is 1.79. The van der Waals surface area contributed by atoms with Crippen molar-refractivity contribution in [3.63, 3.8) is 0 Å². The first kappa shape index (κ1) is 32.4. The van der Waals surface area contributed by atoms with Crippen molar-refractivity contribution in [3.05, 3.63) is 63.5 Å². The highest BCUT2D eigenvalue weighted by atomic mass is 16.7. The van der Waals surface area contributed by atoms with E-state index in [0.717, 1.165) is 12.0 Å². The fourth-order valence-electron chi connectivity index (χ4n) is 5.23. The first-order valence-corrected chi connectivity index (χ1v) is 13.8. The van der Waals surface area contributed by atoms with Gasteiger partial charge in [0.25, 0.3) is 0 Å². The maximum Gasteiger partial charge on any atom is 0.207 e. The zero-order valence-electron chi connectivity index (χ0n) is 25.5. The molecule has 0 aliphatic rings. The molecule has 0 radical (unpaired) electrons. The topological polar surface area (TPSA) is 94.8 Å². The fourth-order valence-corrected chi connectivity index (χ4v) is 5.23. The van der Waals surface area contributed by atoms with E-state index in [1.165, 1.54) is 21.3 Å². The van der Waals surface area contributed by atoms with E-state index in [0.29, 0.717) is 53.6 Å². The Kier molecular flexibility index (Phi) is 12.5. The van der Waals surface area contributed by atoms with Gasteiger partial charge in [0.05, 0.1) is 39.6 Å². The van der Waals surface area contributed by atoms with Crippen LogP contribution in [0.3, 0.4) is 0 Å². The van der Waals surface area contributed by atoms with Gasteiger partial charge < -0.3 is 37.6 Å². The molecule has 4 atom stereocenters. The number of hydrogen-bond donors (Lipinski definition) is 0. The van der Waals surface area contributed by atoms with Crippen LogP contribution in [0.4, 0.5) is 0 Å². The summed E-state index contributed by atoms with van der Waals surface area (Å²) in [5.41, 5.74) is 1.73. The van der Waals surface area contributed by atoms with Crippen molar-refractivity contribution in [3.8, 4) is 17.2 Å². The van der Waals surface area contributed by atoms with Crippen LogP contribution in [0.2, 0.25) is 0 Å². The minimum absolute atomic E-state index is 0.0368. The van der Waals surface area contributed by atoms with Crippen molar-refractivity contribution >= 4 is 11.0 Å². The van der Waals surface area contributed by atoms with Gasteiger partial charge in [0.1, 0.15) is 16.9 Å².